The van der Waals surface area contributed by atoms with Gasteiger partial charge in [-0.3, -0.25) is 18.1 Å². The van der Waals surface area contributed by atoms with Crippen LogP contribution in [-0.2, 0) is 23.6 Å². The van der Waals surface area contributed by atoms with Crippen LogP contribution in [0.5, 0.6) is 0 Å². The van der Waals surface area contributed by atoms with Crippen LogP contribution in [0.1, 0.15) is 13.9 Å². The van der Waals surface area contributed by atoms with Crippen LogP contribution in [0, 0.1) is 0 Å². The molecule has 0 aromatic carbocycles. The van der Waals surface area contributed by atoms with Crippen LogP contribution in [0.2, 0.25) is 0 Å². The molecule has 0 aliphatic rings. The fourth-order valence-corrected chi connectivity index (χ4v) is 1.60. The quantitative estimate of drug-likeness (QED) is 0.574. The van der Waals surface area contributed by atoms with Crippen molar-refractivity contribution in [1.29, 1.82) is 0 Å². The molecular formula is C9H14N2O3S. The Bertz CT molecular complexity index is 772. The second kappa shape index (κ2) is 3.69. The summed E-state index contributed by atoms with van der Waals surface area (Å²) in [6, 6.07) is 0.860. The fraction of sp³-hybridized carbons (Fsp3) is 0.444. The monoisotopic (exact) mass is 236 g/mol. The first-order chi connectivity index (χ1) is 9.22. The molecule has 0 saturated heterocycles. The Kier molecular flexibility index (Phi) is 1.40. The van der Waals surface area contributed by atoms with Crippen molar-refractivity contribution >= 4 is 14.9 Å². The van der Waals surface area contributed by atoms with E-state index in [1.807, 2.05) is 0 Å². The molecule has 0 aliphatic heterocycles. The van der Waals surface area contributed by atoms with E-state index in [0.29, 0.717) is 5.37 Å². The smallest absolute Gasteiger partial charge is 0.296 e. The van der Waals surface area contributed by atoms with Gasteiger partial charge in [0.25, 0.3) is 5.56 Å². The minimum atomic E-state index is -4.48. The van der Waals surface area contributed by atoms with Crippen molar-refractivity contribution in [1.82, 2.24) is 9.13 Å². The molecule has 15 heavy (non-hydrogen) atoms. The molecule has 0 saturated carbocycles. The van der Waals surface area contributed by atoms with Gasteiger partial charge in [0.15, 0.2) is 0 Å². The molecule has 0 radical (unpaired) electrons. The van der Waals surface area contributed by atoms with Gasteiger partial charge >= 0.3 is 5.69 Å². The van der Waals surface area contributed by atoms with E-state index in [9.17, 15) is 13.8 Å². The molecule has 1 heterocycles. The molecule has 0 aliphatic carbocycles. The Balaban J connectivity index is 3.89. The number of nitrogens with zero attached hydrogens (tertiary/aromatic N) is 2. The molecule has 5 nitrogen and oxygen atoms in total. The maximum absolute atomic E-state index is 12.5. The van der Waals surface area contributed by atoms with Gasteiger partial charge in [0.2, 0.25) is 0 Å². The third-order valence-corrected chi connectivity index (χ3v) is 2.42. The van der Waals surface area contributed by atoms with Gasteiger partial charge in [-0.1, -0.05) is 0 Å². The Morgan fingerprint density at radius 3 is 2.47 bits per heavy atom. The number of hydrogen-bond donors (Lipinski definition) is 0. The average Bonchev–Trinajstić information content (AvgIpc) is 2.30. The predicted molar refractivity (Wildman–Crippen MR) is 62.1 cm³/mol. The Labute approximate surface area is 96.4 Å². The van der Waals surface area contributed by atoms with Crippen LogP contribution in [0.4, 0.5) is 0 Å². The zero-order valence-electron chi connectivity index (χ0n) is 14.2. The zero-order chi connectivity index (χ0) is 16.8. The van der Waals surface area contributed by atoms with Gasteiger partial charge in [-0.15, -0.1) is 0 Å². The summed E-state index contributed by atoms with van der Waals surface area (Å²) in [5, 5.41) is 0.482. The maximum atomic E-state index is 12.5. The third kappa shape index (κ3) is 2.59. The molecule has 1 aromatic heterocycles. The highest BCUT2D eigenvalue weighted by molar-refractivity contribution is 8.00. The lowest BCUT2D eigenvalue weighted by Crippen LogP contribution is -2.38. The van der Waals surface area contributed by atoms with E-state index in [4.69, 9.17) is 8.22 Å². The minimum Gasteiger partial charge on any atom is -0.296 e. The average molecular weight is 236 g/mol. The molecule has 0 N–H and O–H groups in total. The van der Waals surface area contributed by atoms with E-state index >= 15 is 0 Å². The summed E-state index contributed by atoms with van der Waals surface area (Å²) < 4.78 is 57.3. The van der Waals surface area contributed by atoms with Crippen molar-refractivity contribution in [3.63, 3.8) is 0 Å². The summed E-state index contributed by atoms with van der Waals surface area (Å²) in [7, 11) is -2.05. The molecule has 0 unspecified atom stereocenters. The normalized spacial score (nSPS) is 19.1. The van der Waals surface area contributed by atoms with E-state index < -0.39 is 33.1 Å². The summed E-state index contributed by atoms with van der Waals surface area (Å²) >= 11 is 0. The van der Waals surface area contributed by atoms with Crippen molar-refractivity contribution in [2.75, 3.05) is 12.4 Å². The highest BCUT2D eigenvalue weighted by Gasteiger charge is 2.04. The summed E-state index contributed by atoms with van der Waals surface area (Å²) in [5.74, 6) is 0. The van der Waals surface area contributed by atoms with Crippen LogP contribution in [0.25, 0.3) is 0 Å². The van der Waals surface area contributed by atoms with Crippen molar-refractivity contribution in [2.45, 2.75) is 0 Å². The first-order valence-corrected chi connectivity index (χ1v) is 5.49. The molecule has 6 heteroatoms. The molecule has 0 fully saturated rings. The number of hydrogen-bond acceptors (Lipinski definition) is 3. The lowest BCUT2D eigenvalue weighted by atomic mass is 10.4. The summed E-state index contributed by atoms with van der Waals surface area (Å²) in [6.07, 6.45) is -6.59. The summed E-state index contributed by atoms with van der Waals surface area (Å²) in [4.78, 5) is 23.3. The zero-order valence-corrected chi connectivity index (χ0v) is 9.00. The van der Waals surface area contributed by atoms with Crippen molar-refractivity contribution < 1.29 is 12.4 Å². The van der Waals surface area contributed by atoms with Gasteiger partial charge in [0.05, 0.1) is 5.69 Å². The number of aromatic nitrogens is 2. The molecule has 0 amide bonds. The minimum absolute atomic E-state index is 0.319. The van der Waals surface area contributed by atoms with E-state index in [-0.39, 0.29) is 5.69 Å². The Morgan fingerprint density at radius 2 is 1.93 bits per heavy atom. The van der Waals surface area contributed by atoms with Crippen molar-refractivity contribution in [3.05, 3.63) is 32.6 Å². The highest BCUT2D eigenvalue weighted by atomic mass is 32.2. The predicted octanol–water partition coefficient (Wildman–Crippen LogP) is -1.22. The molecule has 1 rings (SSSR count). The van der Waals surface area contributed by atoms with Crippen LogP contribution >= 0.6 is 0 Å². The van der Waals surface area contributed by atoms with Gasteiger partial charge in [-0.2, -0.15) is 0 Å². The lowest BCUT2D eigenvalue weighted by Gasteiger charge is -2.06. The van der Waals surface area contributed by atoms with Gasteiger partial charge in [-0.25, -0.2) is 4.79 Å². The molecular weight excluding hydrogens is 216 g/mol. The van der Waals surface area contributed by atoms with Gasteiger partial charge < -0.3 is 0 Å². The van der Waals surface area contributed by atoms with E-state index in [1.54, 1.807) is 0 Å². The Morgan fingerprint density at radius 1 is 1.33 bits per heavy atom. The van der Waals surface area contributed by atoms with Crippen LogP contribution < -0.4 is 11.2 Å². The lowest BCUT2D eigenvalue weighted by molar-refractivity contribution is 0.680. The molecule has 0 atom stereocenters. The molecule has 84 valence electrons. The van der Waals surface area contributed by atoms with E-state index in [2.05, 4.69) is 0 Å². The third-order valence-electron chi connectivity index (χ3n) is 1.85. The summed E-state index contributed by atoms with van der Waals surface area (Å²) in [5.41, 5.74) is -1.87. The van der Waals surface area contributed by atoms with Crippen molar-refractivity contribution in [3.8, 4) is 0 Å². The topological polar surface area (TPSA) is 61.1 Å². The van der Waals surface area contributed by atoms with E-state index in [1.165, 1.54) is 14.1 Å². The first kappa shape index (κ1) is 5.69. The molecule has 1 aromatic rings. The molecule has 0 bridgehead atoms. The largest absolute Gasteiger partial charge is 0.330 e. The number of rotatable bonds is 1. The highest BCUT2D eigenvalue weighted by Crippen LogP contribution is 1.88. The fourth-order valence-electron chi connectivity index (χ4n) is 1.03. The maximum Gasteiger partial charge on any atom is 0.330 e. The van der Waals surface area contributed by atoms with Crippen LogP contribution in [0.3, 0.4) is 0 Å². The van der Waals surface area contributed by atoms with Crippen LogP contribution in [-0.4, -0.2) is 31.1 Å². The second-order valence-corrected chi connectivity index (χ2v) is 4.46. The van der Waals surface area contributed by atoms with Crippen LogP contribution in [0.15, 0.2) is 15.7 Å². The molecule has 0 spiro atoms. The second-order valence-electron chi connectivity index (χ2n) is 3.03. The standard InChI is InChI=1S/C9H14N2O3S/c1-10-7(6-15(3,4)14)5-8(12)11(2)9(10)13/h5-6H,1-4H3/i3D3,4D3. The van der Waals surface area contributed by atoms with Crippen molar-refractivity contribution in [2.24, 2.45) is 14.1 Å². The van der Waals surface area contributed by atoms with Gasteiger partial charge in [0, 0.05) is 46.1 Å². The van der Waals surface area contributed by atoms with Gasteiger partial charge in [-0.05, 0) is 9.52 Å². The first-order valence-electron chi connectivity index (χ1n) is 6.87. The van der Waals surface area contributed by atoms with Gasteiger partial charge in [0.1, 0.15) is 0 Å². The Hall–Kier alpha value is -1.30. The SMILES string of the molecule is [2H]C([2H])([2H])S(=O)(=Cc1cc(=O)n(C)c(=O)n1C)C([2H])([2H])[2H]. The van der Waals surface area contributed by atoms with E-state index in [0.717, 1.165) is 15.2 Å². The summed E-state index contributed by atoms with van der Waals surface area (Å²) in [6.45, 7) is 0.